The van der Waals surface area contributed by atoms with Crippen molar-refractivity contribution in [1.29, 1.82) is 0 Å². The summed E-state index contributed by atoms with van der Waals surface area (Å²) in [5.74, 6) is -1.53. The summed E-state index contributed by atoms with van der Waals surface area (Å²) in [4.78, 5) is 15.9. The van der Waals surface area contributed by atoms with Crippen molar-refractivity contribution in [3.8, 4) is 11.4 Å². The Morgan fingerprint density at radius 1 is 1.19 bits per heavy atom. The van der Waals surface area contributed by atoms with Crippen LogP contribution in [-0.2, 0) is 16.1 Å². The minimum atomic E-state index is -0.620. The number of benzene rings is 2. The molecule has 0 aliphatic rings. The molecular formula is C17H11ClF2N2O3S. The van der Waals surface area contributed by atoms with Gasteiger partial charge in [-0.25, -0.2) is 8.78 Å². The minimum absolute atomic E-state index is 0.0322. The van der Waals surface area contributed by atoms with Crippen LogP contribution in [0.15, 0.2) is 51.9 Å². The SMILES string of the molecule is O=C(CSc1cc(F)ccc1F)OCc1nc(-c2ccc(Cl)cc2)no1. The molecule has 0 fully saturated rings. The van der Waals surface area contributed by atoms with Gasteiger partial charge in [0.05, 0.1) is 5.75 Å². The molecule has 1 heterocycles. The van der Waals surface area contributed by atoms with Crippen molar-refractivity contribution in [3.63, 3.8) is 0 Å². The Hall–Kier alpha value is -2.45. The fraction of sp³-hybridized carbons (Fsp3) is 0.118. The second-order valence-corrected chi connectivity index (χ2v) is 6.50. The number of ether oxygens (including phenoxy) is 1. The summed E-state index contributed by atoms with van der Waals surface area (Å²) in [6, 6.07) is 9.86. The van der Waals surface area contributed by atoms with E-state index in [4.69, 9.17) is 20.9 Å². The van der Waals surface area contributed by atoms with Gasteiger partial charge in [0.25, 0.3) is 5.89 Å². The van der Waals surface area contributed by atoms with E-state index in [0.29, 0.717) is 16.4 Å². The molecule has 1 aromatic heterocycles. The van der Waals surface area contributed by atoms with Gasteiger partial charge in [-0.1, -0.05) is 16.8 Å². The largest absolute Gasteiger partial charge is 0.455 e. The number of halogens is 3. The molecule has 5 nitrogen and oxygen atoms in total. The molecule has 0 aliphatic carbocycles. The maximum atomic E-state index is 13.5. The lowest BCUT2D eigenvalue weighted by Gasteiger charge is -2.03. The van der Waals surface area contributed by atoms with E-state index in [9.17, 15) is 13.6 Å². The first-order valence-corrected chi connectivity index (χ1v) is 8.69. The highest BCUT2D eigenvalue weighted by Gasteiger charge is 2.13. The highest BCUT2D eigenvalue weighted by molar-refractivity contribution is 8.00. The van der Waals surface area contributed by atoms with Crippen molar-refractivity contribution >= 4 is 29.3 Å². The van der Waals surface area contributed by atoms with Crippen molar-refractivity contribution in [2.24, 2.45) is 0 Å². The van der Waals surface area contributed by atoms with Crippen LogP contribution in [0.25, 0.3) is 11.4 Å². The Bertz CT molecular complexity index is 919. The number of hydrogen-bond acceptors (Lipinski definition) is 6. The molecule has 0 unspecified atom stereocenters. The lowest BCUT2D eigenvalue weighted by Crippen LogP contribution is -2.07. The maximum Gasteiger partial charge on any atom is 0.316 e. The van der Waals surface area contributed by atoms with Crippen LogP contribution in [-0.4, -0.2) is 21.9 Å². The van der Waals surface area contributed by atoms with E-state index in [1.165, 1.54) is 0 Å². The number of esters is 1. The summed E-state index contributed by atoms with van der Waals surface area (Å²) >= 11 is 6.65. The highest BCUT2D eigenvalue weighted by Crippen LogP contribution is 2.23. The molecule has 0 N–H and O–H groups in total. The molecule has 0 amide bonds. The van der Waals surface area contributed by atoms with Crippen molar-refractivity contribution in [3.05, 3.63) is 65.0 Å². The Kier molecular flexibility index (Phi) is 5.85. The van der Waals surface area contributed by atoms with Crippen LogP contribution < -0.4 is 0 Å². The summed E-state index contributed by atoms with van der Waals surface area (Å²) in [5.41, 5.74) is 0.702. The highest BCUT2D eigenvalue weighted by atomic mass is 35.5. The number of thioether (sulfide) groups is 1. The second kappa shape index (κ2) is 8.29. The number of nitrogens with zero attached hydrogens (tertiary/aromatic N) is 2. The first kappa shape index (κ1) is 18.3. The summed E-state index contributed by atoms with van der Waals surface area (Å²) in [7, 11) is 0. The van der Waals surface area contributed by atoms with E-state index in [-0.39, 0.29) is 23.1 Å². The quantitative estimate of drug-likeness (QED) is 0.451. The van der Waals surface area contributed by atoms with Gasteiger partial charge in [0.1, 0.15) is 11.6 Å². The molecule has 9 heteroatoms. The molecule has 0 spiro atoms. The molecule has 0 atom stereocenters. The fourth-order valence-electron chi connectivity index (χ4n) is 1.94. The molecular weight excluding hydrogens is 386 g/mol. The molecule has 0 saturated carbocycles. The smallest absolute Gasteiger partial charge is 0.316 e. The van der Waals surface area contributed by atoms with Gasteiger partial charge in [-0.15, -0.1) is 11.8 Å². The van der Waals surface area contributed by atoms with Crippen LogP contribution >= 0.6 is 23.4 Å². The topological polar surface area (TPSA) is 65.2 Å². The normalized spacial score (nSPS) is 10.7. The maximum absolute atomic E-state index is 13.5. The van der Waals surface area contributed by atoms with Crippen LogP contribution in [0.4, 0.5) is 8.78 Å². The third-order valence-corrected chi connectivity index (χ3v) is 4.42. The first-order chi connectivity index (χ1) is 12.5. The predicted octanol–water partition coefficient (Wildman–Crippen LogP) is 4.50. The van der Waals surface area contributed by atoms with Crippen LogP contribution in [0.1, 0.15) is 5.89 Å². The fourth-order valence-corrected chi connectivity index (χ4v) is 2.82. The number of carbonyl (C=O) groups excluding carboxylic acids is 1. The zero-order valence-corrected chi connectivity index (χ0v) is 14.7. The van der Waals surface area contributed by atoms with Crippen molar-refractivity contribution in [2.45, 2.75) is 11.5 Å². The van der Waals surface area contributed by atoms with Crippen LogP contribution in [0, 0.1) is 11.6 Å². The van der Waals surface area contributed by atoms with Crippen LogP contribution in [0.3, 0.4) is 0 Å². The molecule has 0 saturated heterocycles. The lowest BCUT2D eigenvalue weighted by atomic mass is 10.2. The Morgan fingerprint density at radius 2 is 1.96 bits per heavy atom. The van der Waals surface area contributed by atoms with Crippen LogP contribution in [0.5, 0.6) is 0 Å². The molecule has 134 valence electrons. The summed E-state index contributed by atoms with van der Waals surface area (Å²) in [6.07, 6.45) is 0. The van der Waals surface area contributed by atoms with E-state index < -0.39 is 17.6 Å². The monoisotopic (exact) mass is 396 g/mol. The summed E-state index contributed by atoms with van der Waals surface area (Å²) in [5, 5.41) is 4.37. The van der Waals surface area contributed by atoms with Gasteiger partial charge in [-0.05, 0) is 42.5 Å². The number of rotatable bonds is 6. The molecule has 0 bridgehead atoms. The Labute approximate surface area is 156 Å². The van der Waals surface area contributed by atoms with Gasteiger partial charge in [-0.2, -0.15) is 4.98 Å². The summed E-state index contributed by atoms with van der Waals surface area (Å²) in [6.45, 7) is -0.217. The van der Waals surface area contributed by atoms with Gasteiger partial charge >= 0.3 is 5.97 Å². The molecule has 3 aromatic rings. The van der Waals surface area contributed by atoms with Gasteiger partial charge in [0, 0.05) is 15.5 Å². The zero-order chi connectivity index (χ0) is 18.5. The van der Waals surface area contributed by atoms with Gasteiger partial charge < -0.3 is 9.26 Å². The van der Waals surface area contributed by atoms with Gasteiger partial charge in [-0.3, -0.25) is 4.79 Å². The van der Waals surface area contributed by atoms with Crippen molar-refractivity contribution in [1.82, 2.24) is 10.1 Å². The van der Waals surface area contributed by atoms with Crippen LogP contribution in [0.2, 0.25) is 5.02 Å². The van der Waals surface area contributed by atoms with E-state index in [2.05, 4.69) is 10.1 Å². The number of hydrogen-bond donors (Lipinski definition) is 0. The third-order valence-electron chi connectivity index (χ3n) is 3.17. The molecule has 3 rings (SSSR count). The predicted molar refractivity (Wildman–Crippen MR) is 91.6 cm³/mol. The summed E-state index contributed by atoms with van der Waals surface area (Å²) < 4.78 is 36.6. The average molecular weight is 397 g/mol. The molecule has 2 aromatic carbocycles. The van der Waals surface area contributed by atoms with E-state index in [1.807, 2.05) is 0 Å². The molecule has 0 radical (unpaired) electrons. The van der Waals surface area contributed by atoms with Gasteiger partial charge in [0.2, 0.25) is 5.82 Å². The van der Waals surface area contributed by atoms with Gasteiger partial charge in [0.15, 0.2) is 6.61 Å². The third kappa shape index (κ3) is 4.80. The zero-order valence-electron chi connectivity index (χ0n) is 13.1. The Morgan fingerprint density at radius 3 is 2.73 bits per heavy atom. The Balaban J connectivity index is 1.52. The lowest BCUT2D eigenvalue weighted by molar-refractivity contribution is -0.142. The minimum Gasteiger partial charge on any atom is -0.455 e. The average Bonchev–Trinajstić information content (AvgIpc) is 3.10. The molecule has 0 aliphatic heterocycles. The van der Waals surface area contributed by atoms with Crippen molar-refractivity contribution < 1.29 is 22.8 Å². The standard InChI is InChI=1S/C17H11ClF2N2O3S/c18-11-3-1-10(2-4-11)17-21-15(25-22-17)8-24-16(23)9-26-14-7-12(19)5-6-13(14)20/h1-7H,8-9H2. The molecule has 26 heavy (non-hydrogen) atoms. The van der Waals surface area contributed by atoms with E-state index in [0.717, 1.165) is 30.0 Å². The van der Waals surface area contributed by atoms with Crippen molar-refractivity contribution in [2.75, 3.05) is 5.75 Å². The van der Waals surface area contributed by atoms with E-state index in [1.54, 1.807) is 24.3 Å². The first-order valence-electron chi connectivity index (χ1n) is 7.33. The number of aromatic nitrogens is 2. The second-order valence-electron chi connectivity index (χ2n) is 5.04. The van der Waals surface area contributed by atoms with E-state index >= 15 is 0 Å². The number of carbonyl (C=O) groups is 1.